The zero-order valence-electron chi connectivity index (χ0n) is 12.0. The molecule has 0 saturated heterocycles. The molecule has 0 spiro atoms. The van der Waals surface area contributed by atoms with E-state index in [9.17, 15) is 14.4 Å². The zero-order chi connectivity index (χ0) is 15.3. The maximum atomic E-state index is 11.6. The number of nitrogens with zero attached hydrogens (tertiary/aromatic N) is 1. The SMILES string of the molecule is CC(C(=O)O)=C(C)C(=O)NC(=O)NCCN(C)C1CC1. The lowest BCUT2D eigenvalue weighted by molar-refractivity contribution is -0.133. The van der Waals surface area contributed by atoms with Gasteiger partial charge in [-0.05, 0) is 33.7 Å². The number of carboxylic acids is 1. The van der Waals surface area contributed by atoms with Crippen molar-refractivity contribution < 1.29 is 19.5 Å². The van der Waals surface area contributed by atoms with Crippen LogP contribution in [0.4, 0.5) is 4.79 Å². The Balaban J connectivity index is 2.32. The fourth-order valence-electron chi connectivity index (χ4n) is 1.62. The minimum Gasteiger partial charge on any atom is -0.478 e. The van der Waals surface area contributed by atoms with Gasteiger partial charge in [0, 0.05) is 30.3 Å². The van der Waals surface area contributed by atoms with E-state index >= 15 is 0 Å². The summed E-state index contributed by atoms with van der Waals surface area (Å²) in [6.07, 6.45) is 2.39. The van der Waals surface area contributed by atoms with Crippen molar-refractivity contribution >= 4 is 17.9 Å². The van der Waals surface area contributed by atoms with E-state index in [1.807, 2.05) is 7.05 Å². The van der Waals surface area contributed by atoms with E-state index in [4.69, 9.17) is 5.11 Å². The van der Waals surface area contributed by atoms with Gasteiger partial charge in [-0.1, -0.05) is 0 Å². The summed E-state index contributed by atoms with van der Waals surface area (Å²) < 4.78 is 0. The van der Waals surface area contributed by atoms with E-state index in [-0.39, 0.29) is 11.1 Å². The molecular weight excluding hydrogens is 262 g/mol. The van der Waals surface area contributed by atoms with Crippen LogP contribution in [0.25, 0.3) is 0 Å². The highest BCUT2D eigenvalue weighted by molar-refractivity contribution is 6.07. The number of urea groups is 1. The fraction of sp³-hybridized carbons (Fsp3) is 0.615. The lowest BCUT2D eigenvalue weighted by Crippen LogP contribution is -2.43. The largest absolute Gasteiger partial charge is 0.478 e. The van der Waals surface area contributed by atoms with Crippen LogP contribution in [0.15, 0.2) is 11.1 Å². The van der Waals surface area contributed by atoms with Crippen LogP contribution in [-0.4, -0.2) is 54.1 Å². The summed E-state index contributed by atoms with van der Waals surface area (Å²) in [5.41, 5.74) is -0.0634. The Hall–Kier alpha value is -1.89. The standard InChI is InChI=1S/C13H21N3O4/c1-8(9(2)12(18)19)11(17)15-13(20)14-6-7-16(3)10-4-5-10/h10H,4-7H2,1-3H3,(H,18,19)(H2,14,15,17,20). The van der Waals surface area contributed by atoms with Crippen molar-refractivity contribution in [3.8, 4) is 0 Å². The molecule has 0 aliphatic heterocycles. The van der Waals surface area contributed by atoms with Crippen LogP contribution in [0.5, 0.6) is 0 Å². The Morgan fingerprint density at radius 1 is 1.20 bits per heavy atom. The molecule has 1 saturated carbocycles. The van der Waals surface area contributed by atoms with Gasteiger partial charge in [0.1, 0.15) is 0 Å². The van der Waals surface area contributed by atoms with Gasteiger partial charge >= 0.3 is 12.0 Å². The van der Waals surface area contributed by atoms with E-state index in [1.54, 1.807) is 0 Å². The number of hydrogen-bond acceptors (Lipinski definition) is 4. The van der Waals surface area contributed by atoms with Crippen LogP contribution < -0.4 is 10.6 Å². The first kappa shape index (κ1) is 16.2. The van der Waals surface area contributed by atoms with Crippen molar-refractivity contribution in [1.29, 1.82) is 0 Å². The highest BCUT2D eigenvalue weighted by Crippen LogP contribution is 2.24. The Morgan fingerprint density at radius 2 is 1.80 bits per heavy atom. The molecule has 0 atom stereocenters. The van der Waals surface area contributed by atoms with E-state index < -0.39 is 17.9 Å². The zero-order valence-corrected chi connectivity index (χ0v) is 12.0. The number of carbonyl (C=O) groups is 3. The van der Waals surface area contributed by atoms with Gasteiger partial charge in [-0.2, -0.15) is 0 Å². The minimum absolute atomic E-state index is 0.0164. The lowest BCUT2D eigenvalue weighted by Gasteiger charge is -2.15. The Kier molecular flexibility index (Phi) is 5.69. The number of nitrogens with one attached hydrogen (secondary N) is 2. The van der Waals surface area contributed by atoms with Crippen LogP contribution >= 0.6 is 0 Å². The highest BCUT2D eigenvalue weighted by Gasteiger charge is 2.25. The first-order chi connectivity index (χ1) is 9.32. The molecular formula is C13H21N3O4. The van der Waals surface area contributed by atoms with Gasteiger partial charge < -0.3 is 15.3 Å². The third-order valence-electron chi connectivity index (χ3n) is 3.37. The number of hydrogen-bond donors (Lipinski definition) is 3. The fourth-order valence-corrected chi connectivity index (χ4v) is 1.62. The van der Waals surface area contributed by atoms with E-state index in [0.717, 1.165) is 6.54 Å². The number of carbonyl (C=O) groups excluding carboxylic acids is 2. The third kappa shape index (κ3) is 5.00. The van der Waals surface area contributed by atoms with Crippen LogP contribution in [0.3, 0.4) is 0 Å². The summed E-state index contributed by atoms with van der Waals surface area (Å²) in [5.74, 6) is -1.87. The van der Waals surface area contributed by atoms with Crippen molar-refractivity contribution in [2.24, 2.45) is 0 Å². The molecule has 0 heterocycles. The molecule has 1 rings (SSSR count). The normalized spacial score (nSPS) is 15.6. The summed E-state index contributed by atoms with van der Waals surface area (Å²) >= 11 is 0. The molecule has 0 radical (unpaired) electrons. The van der Waals surface area contributed by atoms with Gasteiger partial charge in [-0.15, -0.1) is 0 Å². The Morgan fingerprint density at radius 3 is 2.30 bits per heavy atom. The molecule has 20 heavy (non-hydrogen) atoms. The molecule has 1 aliphatic carbocycles. The number of carboxylic acid groups (broad SMARTS) is 1. The van der Waals surface area contributed by atoms with Gasteiger partial charge in [0.05, 0.1) is 0 Å². The smallest absolute Gasteiger partial charge is 0.331 e. The summed E-state index contributed by atoms with van der Waals surface area (Å²) in [4.78, 5) is 36.0. The summed E-state index contributed by atoms with van der Waals surface area (Å²) in [7, 11) is 1.99. The summed E-state index contributed by atoms with van der Waals surface area (Å²) in [5, 5.41) is 13.4. The summed E-state index contributed by atoms with van der Waals surface area (Å²) in [6.45, 7) is 3.84. The van der Waals surface area contributed by atoms with Gasteiger partial charge in [-0.3, -0.25) is 10.1 Å². The van der Waals surface area contributed by atoms with Crippen molar-refractivity contribution in [3.63, 3.8) is 0 Å². The lowest BCUT2D eigenvalue weighted by atomic mass is 10.1. The van der Waals surface area contributed by atoms with Crippen LogP contribution in [0, 0.1) is 0 Å². The first-order valence-electron chi connectivity index (χ1n) is 6.53. The molecule has 7 heteroatoms. The maximum absolute atomic E-state index is 11.6. The Bertz CT molecular complexity index is 441. The number of likely N-dealkylation sites (N-methyl/N-ethyl adjacent to an activating group) is 1. The molecule has 1 fully saturated rings. The van der Waals surface area contributed by atoms with E-state index in [0.29, 0.717) is 12.6 Å². The second-order valence-electron chi connectivity index (χ2n) is 4.98. The van der Waals surface area contributed by atoms with Crippen molar-refractivity contribution in [2.45, 2.75) is 32.7 Å². The number of amides is 3. The number of rotatable bonds is 6. The number of imide groups is 1. The van der Waals surface area contributed by atoms with E-state index in [2.05, 4.69) is 15.5 Å². The molecule has 0 aromatic carbocycles. The average Bonchev–Trinajstić information content (AvgIpc) is 3.20. The van der Waals surface area contributed by atoms with Gasteiger partial charge in [0.2, 0.25) is 0 Å². The molecule has 112 valence electrons. The topological polar surface area (TPSA) is 98.7 Å². The Labute approximate surface area is 118 Å². The van der Waals surface area contributed by atoms with Crippen LogP contribution in [0.2, 0.25) is 0 Å². The van der Waals surface area contributed by atoms with Gasteiger partial charge in [-0.25, -0.2) is 9.59 Å². The maximum Gasteiger partial charge on any atom is 0.331 e. The van der Waals surface area contributed by atoms with Crippen LogP contribution in [0.1, 0.15) is 26.7 Å². The van der Waals surface area contributed by atoms with Crippen LogP contribution in [-0.2, 0) is 9.59 Å². The number of aliphatic carboxylic acids is 1. The average molecular weight is 283 g/mol. The van der Waals surface area contributed by atoms with Crippen molar-refractivity contribution in [2.75, 3.05) is 20.1 Å². The highest BCUT2D eigenvalue weighted by atomic mass is 16.4. The second kappa shape index (κ2) is 7.04. The van der Waals surface area contributed by atoms with Crippen molar-refractivity contribution in [1.82, 2.24) is 15.5 Å². The monoisotopic (exact) mass is 283 g/mol. The molecule has 0 aromatic heterocycles. The molecule has 1 aliphatic rings. The minimum atomic E-state index is -1.18. The van der Waals surface area contributed by atoms with E-state index in [1.165, 1.54) is 26.7 Å². The third-order valence-corrected chi connectivity index (χ3v) is 3.37. The van der Waals surface area contributed by atoms with Gasteiger partial charge in [0.25, 0.3) is 5.91 Å². The first-order valence-corrected chi connectivity index (χ1v) is 6.53. The molecule has 0 unspecified atom stereocenters. The molecule has 7 nitrogen and oxygen atoms in total. The quantitative estimate of drug-likeness (QED) is 0.610. The molecule has 3 N–H and O–H groups in total. The predicted molar refractivity (Wildman–Crippen MR) is 73.2 cm³/mol. The van der Waals surface area contributed by atoms with Crippen molar-refractivity contribution in [3.05, 3.63) is 11.1 Å². The predicted octanol–water partition coefficient (Wildman–Crippen LogP) is 0.327. The molecule has 0 aromatic rings. The summed E-state index contributed by atoms with van der Waals surface area (Å²) in [6, 6.07) is 0.00150. The second-order valence-corrected chi connectivity index (χ2v) is 4.98. The molecule has 0 bridgehead atoms. The molecule has 3 amide bonds. The van der Waals surface area contributed by atoms with Gasteiger partial charge in [0.15, 0.2) is 0 Å².